The van der Waals surface area contributed by atoms with Gasteiger partial charge in [-0.15, -0.1) is 0 Å². The van der Waals surface area contributed by atoms with Gasteiger partial charge in [0, 0.05) is 42.6 Å². The van der Waals surface area contributed by atoms with Gasteiger partial charge >= 0.3 is 6.18 Å². The molecule has 2 aromatic heterocycles. The number of nitrogens with two attached hydrogens (primary N) is 1. The van der Waals surface area contributed by atoms with Gasteiger partial charge in [0.2, 0.25) is 5.91 Å². The minimum Gasteiger partial charge on any atom is -0.380 e. The van der Waals surface area contributed by atoms with Gasteiger partial charge in [0.05, 0.1) is 22.6 Å². The molecule has 0 bridgehead atoms. The number of hydrogen-bond acceptors (Lipinski definition) is 5. The third-order valence-electron chi connectivity index (χ3n) is 4.29. The average Bonchev–Trinajstić information content (AvgIpc) is 2.96. The number of nitrogens with zero attached hydrogens (tertiary/aromatic N) is 3. The number of halogens is 4. The molecule has 0 saturated heterocycles. The highest BCUT2D eigenvalue weighted by Gasteiger charge is 2.34. The molecule has 0 unspecified atom stereocenters. The van der Waals surface area contributed by atoms with Crippen molar-refractivity contribution in [1.29, 1.82) is 0 Å². The van der Waals surface area contributed by atoms with E-state index in [1.165, 1.54) is 24.3 Å². The Hall–Kier alpha value is -3.27. The fraction of sp³-hybridized carbons (Fsp3) is 0.211. The first-order valence-corrected chi connectivity index (χ1v) is 9.09. The van der Waals surface area contributed by atoms with Crippen LogP contribution in [0.4, 0.5) is 30.4 Å². The van der Waals surface area contributed by atoms with Crippen molar-refractivity contribution in [2.24, 2.45) is 12.8 Å². The van der Waals surface area contributed by atoms with Crippen LogP contribution in [0.3, 0.4) is 0 Å². The third-order valence-corrected chi connectivity index (χ3v) is 4.52. The Bertz CT molecular complexity index is 1100. The van der Waals surface area contributed by atoms with Crippen LogP contribution in [0.25, 0.3) is 0 Å². The molecule has 2 heterocycles. The smallest absolute Gasteiger partial charge is 0.380 e. The Kier molecular flexibility index (Phi) is 5.88. The van der Waals surface area contributed by atoms with Crippen molar-refractivity contribution >= 4 is 34.7 Å². The molecule has 0 spiro atoms. The van der Waals surface area contributed by atoms with Crippen LogP contribution in [0.2, 0.25) is 5.02 Å². The molecule has 0 fully saturated rings. The average molecular weight is 439 g/mol. The van der Waals surface area contributed by atoms with Crippen LogP contribution in [0, 0.1) is 6.92 Å². The lowest BCUT2D eigenvalue weighted by Crippen LogP contribution is -2.17. The second kappa shape index (κ2) is 8.23. The molecule has 1 aromatic carbocycles. The molecule has 30 heavy (non-hydrogen) atoms. The predicted molar refractivity (Wildman–Crippen MR) is 108 cm³/mol. The van der Waals surface area contributed by atoms with E-state index in [4.69, 9.17) is 17.3 Å². The molecular formula is C19H18ClF3N6O. The maximum absolute atomic E-state index is 13.5. The highest BCUT2D eigenvalue weighted by Crippen LogP contribution is 2.36. The summed E-state index contributed by atoms with van der Waals surface area (Å²) in [5.74, 6) is -0.508. The number of aryl methyl sites for hydroxylation is 2. The number of pyridine rings is 1. The molecule has 11 heteroatoms. The maximum atomic E-state index is 13.5. The largest absolute Gasteiger partial charge is 0.419 e. The zero-order valence-electron chi connectivity index (χ0n) is 16.0. The number of anilines is 3. The standard InChI is InChI=1S/C19H18ClF3N6O/c1-10-16(9-29(2)28-10)27-17-6-15(14(8-26-17)19(21,22)23)25-7-11-5-12(20)3-4-13(11)18(24)30/h3-6,8-9H,7H2,1-2H3,(H2,24,30)(H2,25,26,27). The van der Waals surface area contributed by atoms with Crippen LogP contribution in [0.15, 0.2) is 36.7 Å². The van der Waals surface area contributed by atoms with Gasteiger partial charge in [-0.25, -0.2) is 4.98 Å². The second-order valence-electron chi connectivity index (χ2n) is 6.56. The highest BCUT2D eigenvalue weighted by atomic mass is 35.5. The van der Waals surface area contributed by atoms with Crippen molar-refractivity contribution in [2.45, 2.75) is 19.6 Å². The van der Waals surface area contributed by atoms with Gasteiger partial charge in [0.15, 0.2) is 0 Å². The molecule has 0 aliphatic heterocycles. The number of aromatic nitrogens is 3. The monoisotopic (exact) mass is 438 g/mol. The highest BCUT2D eigenvalue weighted by molar-refractivity contribution is 6.30. The Balaban J connectivity index is 1.93. The lowest BCUT2D eigenvalue weighted by atomic mass is 10.1. The fourth-order valence-electron chi connectivity index (χ4n) is 2.90. The van der Waals surface area contributed by atoms with Crippen LogP contribution < -0.4 is 16.4 Å². The summed E-state index contributed by atoms with van der Waals surface area (Å²) < 4.78 is 42.0. The van der Waals surface area contributed by atoms with E-state index in [9.17, 15) is 18.0 Å². The number of primary amides is 1. The van der Waals surface area contributed by atoms with E-state index in [-0.39, 0.29) is 23.6 Å². The molecule has 158 valence electrons. The number of amides is 1. The predicted octanol–water partition coefficient (Wildman–Crippen LogP) is 4.25. The molecule has 7 nitrogen and oxygen atoms in total. The summed E-state index contributed by atoms with van der Waals surface area (Å²) in [7, 11) is 1.73. The lowest BCUT2D eigenvalue weighted by Gasteiger charge is -2.17. The molecule has 4 N–H and O–H groups in total. The molecule has 1 amide bonds. The lowest BCUT2D eigenvalue weighted by molar-refractivity contribution is -0.137. The minimum atomic E-state index is -4.63. The Morgan fingerprint density at radius 2 is 2.00 bits per heavy atom. The number of hydrogen-bond donors (Lipinski definition) is 3. The molecule has 0 radical (unpaired) electrons. The first-order chi connectivity index (χ1) is 14.0. The van der Waals surface area contributed by atoms with Crippen LogP contribution >= 0.6 is 11.6 Å². The van der Waals surface area contributed by atoms with Gasteiger partial charge < -0.3 is 16.4 Å². The SMILES string of the molecule is Cc1nn(C)cc1Nc1cc(NCc2cc(Cl)ccc2C(N)=O)c(C(F)(F)F)cn1. The molecule has 0 atom stereocenters. The normalized spacial score (nSPS) is 11.4. The number of carbonyl (C=O) groups is 1. The van der Waals surface area contributed by atoms with Gasteiger partial charge in [-0.1, -0.05) is 11.6 Å². The summed E-state index contributed by atoms with van der Waals surface area (Å²) in [6, 6.07) is 5.62. The zero-order chi connectivity index (χ0) is 22.1. The van der Waals surface area contributed by atoms with Crippen molar-refractivity contribution in [3.8, 4) is 0 Å². The molecule has 0 aliphatic rings. The third kappa shape index (κ3) is 4.82. The molecule has 0 aliphatic carbocycles. The first-order valence-electron chi connectivity index (χ1n) is 8.71. The summed E-state index contributed by atoms with van der Waals surface area (Å²) in [5.41, 5.74) is 6.00. The van der Waals surface area contributed by atoms with Crippen molar-refractivity contribution in [2.75, 3.05) is 10.6 Å². The summed E-state index contributed by atoms with van der Waals surface area (Å²) >= 11 is 5.95. The minimum absolute atomic E-state index is 0.0999. The Morgan fingerprint density at radius 3 is 2.60 bits per heavy atom. The topological polar surface area (TPSA) is 97.9 Å². The number of carbonyl (C=O) groups excluding carboxylic acids is 1. The van der Waals surface area contributed by atoms with E-state index in [1.807, 2.05) is 0 Å². The summed E-state index contributed by atoms with van der Waals surface area (Å²) in [6.45, 7) is 1.66. The summed E-state index contributed by atoms with van der Waals surface area (Å²) in [5, 5.41) is 10.2. The molecule has 3 rings (SSSR count). The summed E-state index contributed by atoms with van der Waals surface area (Å²) in [6.07, 6.45) is -2.20. The van der Waals surface area contributed by atoms with Crippen molar-refractivity contribution in [1.82, 2.24) is 14.8 Å². The van der Waals surface area contributed by atoms with Crippen LogP contribution in [-0.2, 0) is 19.8 Å². The van der Waals surface area contributed by atoms with Gasteiger partial charge in [-0.2, -0.15) is 18.3 Å². The Labute approximate surface area is 175 Å². The quantitative estimate of drug-likeness (QED) is 0.534. The van der Waals surface area contributed by atoms with E-state index in [1.54, 1.807) is 24.9 Å². The second-order valence-corrected chi connectivity index (χ2v) is 7.00. The number of nitrogens with one attached hydrogen (secondary N) is 2. The molecule has 3 aromatic rings. The van der Waals surface area contributed by atoms with Gasteiger partial charge in [-0.05, 0) is 30.7 Å². The fourth-order valence-corrected chi connectivity index (χ4v) is 3.09. The maximum Gasteiger partial charge on any atom is 0.419 e. The number of alkyl halides is 3. The first kappa shape index (κ1) is 21.4. The van der Waals surface area contributed by atoms with E-state index in [0.29, 0.717) is 22.0 Å². The van der Waals surface area contributed by atoms with Crippen molar-refractivity contribution < 1.29 is 18.0 Å². The van der Waals surface area contributed by atoms with Gasteiger partial charge in [-0.3, -0.25) is 9.48 Å². The van der Waals surface area contributed by atoms with E-state index in [2.05, 4.69) is 20.7 Å². The van der Waals surface area contributed by atoms with E-state index >= 15 is 0 Å². The van der Waals surface area contributed by atoms with Crippen LogP contribution in [0.1, 0.15) is 27.2 Å². The van der Waals surface area contributed by atoms with Crippen molar-refractivity contribution in [3.63, 3.8) is 0 Å². The van der Waals surface area contributed by atoms with Gasteiger partial charge in [0.1, 0.15) is 5.82 Å². The van der Waals surface area contributed by atoms with Crippen molar-refractivity contribution in [3.05, 3.63) is 64.1 Å². The van der Waals surface area contributed by atoms with Crippen LogP contribution in [-0.4, -0.2) is 20.7 Å². The molecular weight excluding hydrogens is 421 g/mol. The van der Waals surface area contributed by atoms with E-state index in [0.717, 1.165) is 6.20 Å². The number of rotatable bonds is 6. The van der Waals surface area contributed by atoms with E-state index < -0.39 is 17.6 Å². The summed E-state index contributed by atoms with van der Waals surface area (Å²) in [4.78, 5) is 15.5. The number of benzene rings is 1. The molecule has 0 saturated carbocycles. The van der Waals surface area contributed by atoms with Crippen LogP contribution in [0.5, 0.6) is 0 Å². The Morgan fingerprint density at radius 1 is 1.27 bits per heavy atom. The van der Waals surface area contributed by atoms with Gasteiger partial charge in [0.25, 0.3) is 0 Å². The zero-order valence-corrected chi connectivity index (χ0v) is 16.8.